The Balaban J connectivity index is 4.62. The highest BCUT2D eigenvalue weighted by Gasteiger charge is 2.26. The number of nitrogens with one attached hydrogen (secondary N) is 1. The van der Waals surface area contributed by atoms with Crippen LogP contribution in [0, 0.1) is 11.8 Å². The first kappa shape index (κ1) is 15.4. The van der Waals surface area contributed by atoms with Gasteiger partial charge in [-0.15, -0.1) is 0 Å². The minimum absolute atomic E-state index is 0.0673. The number of nitrogens with zero attached hydrogens (tertiary/aromatic N) is 1. The molecule has 0 fully saturated rings. The lowest BCUT2D eigenvalue weighted by atomic mass is 9.96. The van der Waals surface area contributed by atoms with Crippen LogP contribution < -0.4 is 5.32 Å². The molecule has 0 spiro atoms. The zero-order chi connectivity index (χ0) is 12.9. The Morgan fingerprint density at radius 2 is 1.62 bits per heavy atom. The number of carbonyl (C=O) groups excluding carboxylic acids is 1. The predicted octanol–water partition coefficient (Wildman–Crippen LogP) is 2.12. The molecule has 0 radical (unpaired) electrons. The molecule has 96 valence electrons. The molecule has 0 aliphatic heterocycles. The van der Waals surface area contributed by atoms with Gasteiger partial charge in [-0.1, -0.05) is 34.6 Å². The second-order valence-electron chi connectivity index (χ2n) is 5.38. The van der Waals surface area contributed by atoms with Crippen molar-refractivity contribution in [2.75, 3.05) is 14.1 Å². The molecule has 1 amide bonds. The largest absolute Gasteiger partial charge is 0.347 e. The summed E-state index contributed by atoms with van der Waals surface area (Å²) in [6, 6.07) is 0.346. The molecule has 0 aliphatic rings. The molecular formula is C13H28N2O. The maximum absolute atomic E-state index is 12.0. The van der Waals surface area contributed by atoms with Crippen molar-refractivity contribution >= 4 is 5.91 Å². The van der Waals surface area contributed by atoms with Crippen molar-refractivity contribution in [2.45, 2.75) is 53.1 Å². The Hall–Kier alpha value is -0.570. The lowest BCUT2D eigenvalue weighted by Gasteiger charge is -2.31. The van der Waals surface area contributed by atoms with E-state index < -0.39 is 0 Å². The van der Waals surface area contributed by atoms with E-state index in [1.165, 1.54) is 0 Å². The number of amides is 1. The van der Waals surface area contributed by atoms with Gasteiger partial charge in [0, 0.05) is 20.1 Å². The van der Waals surface area contributed by atoms with Gasteiger partial charge < -0.3 is 10.2 Å². The van der Waals surface area contributed by atoms with Gasteiger partial charge in [0.05, 0.1) is 6.04 Å². The van der Waals surface area contributed by atoms with Crippen LogP contribution in [0.5, 0.6) is 0 Å². The van der Waals surface area contributed by atoms with E-state index in [1.54, 1.807) is 4.90 Å². The first-order valence-corrected chi connectivity index (χ1v) is 6.28. The molecule has 2 unspecified atom stereocenters. The number of rotatable bonds is 6. The molecule has 16 heavy (non-hydrogen) atoms. The molecule has 0 saturated carbocycles. The Morgan fingerprint density at radius 3 is 1.88 bits per heavy atom. The van der Waals surface area contributed by atoms with Gasteiger partial charge in [0.1, 0.15) is 0 Å². The molecule has 3 heteroatoms. The molecule has 0 aliphatic carbocycles. The summed E-state index contributed by atoms with van der Waals surface area (Å²) in [6.07, 6.45) is 1.06. The van der Waals surface area contributed by atoms with Gasteiger partial charge in [-0.2, -0.15) is 0 Å². The normalized spacial score (nSPS) is 15.3. The number of likely N-dealkylation sites (N-methyl/N-ethyl adjacent to an activating group) is 1. The van der Waals surface area contributed by atoms with Crippen molar-refractivity contribution in [1.82, 2.24) is 10.2 Å². The van der Waals surface area contributed by atoms with Gasteiger partial charge in [0.2, 0.25) is 5.91 Å². The second-order valence-corrected chi connectivity index (χ2v) is 5.38. The highest BCUT2D eigenvalue weighted by molar-refractivity contribution is 5.81. The Labute approximate surface area is 101 Å². The number of hydrogen-bond acceptors (Lipinski definition) is 2. The van der Waals surface area contributed by atoms with Crippen molar-refractivity contribution in [2.24, 2.45) is 11.8 Å². The monoisotopic (exact) mass is 228 g/mol. The van der Waals surface area contributed by atoms with Gasteiger partial charge in [0.15, 0.2) is 0 Å². The SMILES string of the molecule is CCC(NC(C(=O)N(C)C)C(C)C)C(C)C. The summed E-state index contributed by atoms with van der Waals surface area (Å²) in [4.78, 5) is 13.7. The van der Waals surface area contributed by atoms with Crippen LogP contribution in [-0.2, 0) is 4.79 Å². The third-order valence-corrected chi connectivity index (χ3v) is 3.01. The molecule has 0 aromatic carbocycles. The maximum Gasteiger partial charge on any atom is 0.239 e. The third kappa shape index (κ3) is 4.52. The lowest BCUT2D eigenvalue weighted by Crippen LogP contribution is -2.51. The summed E-state index contributed by atoms with van der Waals surface area (Å²) in [5.41, 5.74) is 0. The fraction of sp³-hybridized carbons (Fsp3) is 0.923. The highest BCUT2D eigenvalue weighted by Crippen LogP contribution is 2.11. The second kappa shape index (κ2) is 6.89. The fourth-order valence-corrected chi connectivity index (χ4v) is 1.84. The Morgan fingerprint density at radius 1 is 1.12 bits per heavy atom. The molecule has 0 saturated heterocycles. The van der Waals surface area contributed by atoms with E-state index in [-0.39, 0.29) is 11.9 Å². The van der Waals surface area contributed by atoms with Crippen molar-refractivity contribution in [1.29, 1.82) is 0 Å². The van der Waals surface area contributed by atoms with Crippen molar-refractivity contribution in [3.8, 4) is 0 Å². The average molecular weight is 228 g/mol. The Bertz CT molecular complexity index is 212. The molecule has 0 heterocycles. The van der Waals surface area contributed by atoms with Crippen molar-refractivity contribution < 1.29 is 4.79 Å². The summed E-state index contributed by atoms with van der Waals surface area (Å²) >= 11 is 0. The van der Waals surface area contributed by atoms with Crippen LogP contribution in [0.4, 0.5) is 0 Å². The maximum atomic E-state index is 12.0. The zero-order valence-corrected chi connectivity index (χ0v) is 11.9. The first-order chi connectivity index (χ1) is 7.31. The number of carbonyl (C=O) groups is 1. The fourth-order valence-electron chi connectivity index (χ4n) is 1.84. The van der Waals surface area contributed by atoms with Crippen LogP contribution in [-0.4, -0.2) is 37.0 Å². The molecule has 0 rings (SSSR count). The molecular weight excluding hydrogens is 200 g/mol. The lowest BCUT2D eigenvalue weighted by molar-refractivity contribution is -0.132. The van der Waals surface area contributed by atoms with Gasteiger partial charge >= 0.3 is 0 Å². The Kier molecular flexibility index (Phi) is 6.65. The van der Waals surface area contributed by atoms with E-state index in [0.717, 1.165) is 6.42 Å². The van der Waals surface area contributed by atoms with E-state index in [9.17, 15) is 4.79 Å². The predicted molar refractivity (Wildman–Crippen MR) is 69.4 cm³/mol. The smallest absolute Gasteiger partial charge is 0.239 e. The summed E-state index contributed by atoms with van der Waals surface area (Å²) in [5.74, 6) is 1.05. The third-order valence-electron chi connectivity index (χ3n) is 3.01. The van der Waals surface area contributed by atoms with Crippen LogP contribution in [0.2, 0.25) is 0 Å². The minimum atomic E-state index is -0.0673. The first-order valence-electron chi connectivity index (χ1n) is 6.28. The van der Waals surface area contributed by atoms with Crippen molar-refractivity contribution in [3.63, 3.8) is 0 Å². The molecule has 1 N–H and O–H groups in total. The van der Waals surface area contributed by atoms with Gasteiger partial charge in [-0.3, -0.25) is 4.79 Å². The average Bonchev–Trinajstić information content (AvgIpc) is 2.17. The molecule has 0 aromatic heterocycles. The van der Waals surface area contributed by atoms with Crippen LogP contribution in [0.3, 0.4) is 0 Å². The van der Waals surface area contributed by atoms with Gasteiger partial charge in [-0.25, -0.2) is 0 Å². The summed E-state index contributed by atoms with van der Waals surface area (Å²) in [5, 5.41) is 3.49. The van der Waals surface area contributed by atoms with E-state index in [1.807, 2.05) is 14.1 Å². The molecule has 0 aromatic rings. The summed E-state index contributed by atoms with van der Waals surface area (Å²) < 4.78 is 0. The van der Waals surface area contributed by atoms with Gasteiger partial charge in [-0.05, 0) is 18.3 Å². The van der Waals surface area contributed by atoms with Crippen molar-refractivity contribution in [3.05, 3.63) is 0 Å². The molecule has 0 bridgehead atoms. The van der Waals surface area contributed by atoms with Crippen LogP contribution in [0.25, 0.3) is 0 Å². The van der Waals surface area contributed by atoms with Crippen LogP contribution in [0.15, 0.2) is 0 Å². The standard InChI is InChI=1S/C13H28N2O/c1-8-11(9(2)3)14-12(10(4)5)13(16)15(6)7/h9-12,14H,8H2,1-7H3. The highest BCUT2D eigenvalue weighted by atomic mass is 16.2. The summed E-state index contributed by atoms with van der Waals surface area (Å²) in [7, 11) is 3.63. The number of hydrogen-bond donors (Lipinski definition) is 1. The van der Waals surface area contributed by atoms with E-state index in [4.69, 9.17) is 0 Å². The van der Waals surface area contributed by atoms with E-state index in [2.05, 4.69) is 39.9 Å². The molecule has 3 nitrogen and oxygen atoms in total. The zero-order valence-electron chi connectivity index (χ0n) is 11.9. The quantitative estimate of drug-likeness (QED) is 0.755. The van der Waals surface area contributed by atoms with Crippen LogP contribution >= 0.6 is 0 Å². The van der Waals surface area contributed by atoms with Crippen LogP contribution in [0.1, 0.15) is 41.0 Å². The minimum Gasteiger partial charge on any atom is -0.347 e. The molecule has 2 atom stereocenters. The van der Waals surface area contributed by atoms with E-state index in [0.29, 0.717) is 17.9 Å². The summed E-state index contributed by atoms with van der Waals surface area (Å²) in [6.45, 7) is 10.7. The topological polar surface area (TPSA) is 32.3 Å². The van der Waals surface area contributed by atoms with E-state index >= 15 is 0 Å². The van der Waals surface area contributed by atoms with Gasteiger partial charge in [0.25, 0.3) is 0 Å².